The Kier molecular flexibility index (Phi) is 12.9. The first-order valence-corrected chi connectivity index (χ1v) is 22.5. The Hall–Kier alpha value is -6.60. The third kappa shape index (κ3) is 9.03. The van der Waals surface area contributed by atoms with Crippen molar-refractivity contribution in [3.05, 3.63) is 227 Å². The average Bonchev–Trinajstić information content (AvgIpc) is 4.18. The number of benzene rings is 5. The van der Waals surface area contributed by atoms with Crippen molar-refractivity contribution in [3.63, 3.8) is 0 Å². The number of hydrogen-bond donors (Lipinski definition) is 1. The SMILES string of the molecule is C=C(/C=C\C=C/C)C1=C(NC2=CC(c3cc(N(C)c4ccccc4-c4ccccc4-c4ccc(C)c(-c5ccccc5C(C)CC)c4)ccc3C3CC3)=C(C)C=C=C2)C=CCC1. The molecule has 0 bridgehead atoms. The molecule has 0 heterocycles. The number of rotatable bonds is 14. The second-order valence-electron chi connectivity index (χ2n) is 17.1. The summed E-state index contributed by atoms with van der Waals surface area (Å²) in [4.78, 5) is 2.37. The number of para-hydroxylation sites is 1. The quantitative estimate of drug-likeness (QED) is 0.0888. The van der Waals surface area contributed by atoms with Crippen LogP contribution in [0.15, 0.2) is 204 Å². The lowest BCUT2D eigenvalue weighted by atomic mass is 9.86. The molecule has 0 aromatic heterocycles. The molecule has 1 atom stereocenters. The van der Waals surface area contributed by atoms with Crippen molar-refractivity contribution in [2.45, 2.75) is 78.6 Å². The standard InChI is InChI=1S/C60H60N2/c1-8-10-11-21-42(4)50-25-16-18-30-59(50)61-47-23-20-22-43(5)57(39-47)58-40-48(36-37-52(58)45-34-35-45)62(7)60-31-19-17-29-55(60)54-28-15-13-26-51(54)46-33-32-44(6)56(38-46)53-27-14-12-24-49(53)41(3)9-2/h8,10-15,17-19,21-24,26-33,36-41,45,61H,4,9,16,25,34-35H2,1-3,5-7H3/b10-8-,21-11-. The predicted molar refractivity (Wildman–Crippen MR) is 268 cm³/mol. The van der Waals surface area contributed by atoms with E-state index in [9.17, 15) is 0 Å². The lowest BCUT2D eigenvalue weighted by molar-refractivity contribution is 0.735. The molecule has 1 N–H and O–H groups in total. The van der Waals surface area contributed by atoms with Gasteiger partial charge in [0.1, 0.15) is 0 Å². The largest absolute Gasteiger partial charge is 0.355 e. The van der Waals surface area contributed by atoms with Crippen LogP contribution < -0.4 is 10.2 Å². The van der Waals surface area contributed by atoms with Crippen LogP contribution in [0.4, 0.5) is 11.4 Å². The van der Waals surface area contributed by atoms with Crippen molar-refractivity contribution in [2.75, 3.05) is 11.9 Å². The monoisotopic (exact) mass is 808 g/mol. The molecule has 1 saturated carbocycles. The highest BCUT2D eigenvalue weighted by atomic mass is 15.1. The summed E-state index contributed by atoms with van der Waals surface area (Å²) in [7, 11) is 2.22. The minimum Gasteiger partial charge on any atom is -0.355 e. The molecule has 0 spiro atoms. The lowest BCUT2D eigenvalue weighted by Crippen LogP contribution is -2.15. The molecule has 0 saturated heterocycles. The van der Waals surface area contributed by atoms with Crippen molar-refractivity contribution < 1.29 is 0 Å². The van der Waals surface area contributed by atoms with Gasteiger partial charge in [-0.05, 0) is 180 Å². The smallest absolute Gasteiger partial charge is 0.0487 e. The van der Waals surface area contributed by atoms with Crippen LogP contribution in [0.3, 0.4) is 0 Å². The molecular weight excluding hydrogens is 749 g/mol. The normalized spacial score (nSPS) is 15.7. The summed E-state index contributed by atoms with van der Waals surface area (Å²) in [6.45, 7) is 15.5. The molecule has 0 aliphatic heterocycles. The van der Waals surface area contributed by atoms with Gasteiger partial charge in [-0.3, -0.25) is 0 Å². The highest BCUT2D eigenvalue weighted by molar-refractivity contribution is 5.93. The van der Waals surface area contributed by atoms with E-state index < -0.39 is 0 Å². The molecule has 5 aromatic carbocycles. The Labute approximate surface area is 371 Å². The topological polar surface area (TPSA) is 15.3 Å². The summed E-state index contributed by atoms with van der Waals surface area (Å²) in [6.07, 6.45) is 24.8. The highest BCUT2D eigenvalue weighted by Gasteiger charge is 2.28. The van der Waals surface area contributed by atoms with E-state index in [0.717, 1.165) is 47.6 Å². The zero-order valence-electron chi connectivity index (χ0n) is 37.4. The molecule has 310 valence electrons. The highest BCUT2D eigenvalue weighted by Crippen LogP contribution is 2.47. The maximum Gasteiger partial charge on any atom is 0.0487 e. The molecule has 62 heavy (non-hydrogen) atoms. The molecule has 5 aromatic rings. The van der Waals surface area contributed by atoms with E-state index in [1.807, 2.05) is 13.0 Å². The second kappa shape index (κ2) is 19.0. The Morgan fingerprint density at radius 1 is 0.823 bits per heavy atom. The molecular formula is C60H60N2. The minimum absolute atomic E-state index is 0.486. The molecule has 2 nitrogen and oxygen atoms in total. The van der Waals surface area contributed by atoms with E-state index in [1.54, 1.807) is 0 Å². The molecule has 0 amide bonds. The summed E-state index contributed by atoms with van der Waals surface area (Å²) in [6, 6.07) is 40.9. The van der Waals surface area contributed by atoms with Crippen LogP contribution in [0, 0.1) is 6.92 Å². The van der Waals surface area contributed by atoms with Crippen LogP contribution in [-0.2, 0) is 0 Å². The minimum atomic E-state index is 0.486. The van der Waals surface area contributed by atoms with Gasteiger partial charge in [0.25, 0.3) is 0 Å². The van der Waals surface area contributed by atoms with Crippen molar-refractivity contribution in [3.8, 4) is 33.4 Å². The van der Waals surface area contributed by atoms with E-state index in [2.05, 4.69) is 215 Å². The molecule has 1 fully saturated rings. The van der Waals surface area contributed by atoms with Gasteiger partial charge in [0.2, 0.25) is 0 Å². The maximum atomic E-state index is 4.43. The Bertz CT molecular complexity index is 2760. The maximum absolute atomic E-state index is 4.43. The number of anilines is 2. The fraction of sp³-hybridized carbons (Fsp3) is 0.217. The Morgan fingerprint density at radius 3 is 2.34 bits per heavy atom. The van der Waals surface area contributed by atoms with E-state index in [4.69, 9.17) is 0 Å². The van der Waals surface area contributed by atoms with Gasteiger partial charge in [0.05, 0.1) is 0 Å². The first kappa shape index (κ1) is 42.1. The van der Waals surface area contributed by atoms with Gasteiger partial charge in [-0.25, -0.2) is 0 Å². The molecule has 3 aliphatic rings. The van der Waals surface area contributed by atoms with Crippen LogP contribution in [-0.4, -0.2) is 7.05 Å². The molecule has 0 radical (unpaired) electrons. The van der Waals surface area contributed by atoms with E-state index >= 15 is 0 Å². The second-order valence-corrected chi connectivity index (χ2v) is 17.1. The van der Waals surface area contributed by atoms with Crippen molar-refractivity contribution >= 4 is 16.9 Å². The van der Waals surface area contributed by atoms with Crippen molar-refractivity contribution in [1.82, 2.24) is 5.32 Å². The number of nitrogens with zero attached hydrogens (tertiary/aromatic N) is 1. The van der Waals surface area contributed by atoms with Crippen molar-refractivity contribution in [1.29, 1.82) is 0 Å². The van der Waals surface area contributed by atoms with Crippen LogP contribution in [0.2, 0.25) is 0 Å². The van der Waals surface area contributed by atoms with Crippen molar-refractivity contribution in [2.24, 2.45) is 0 Å². The number of hydrogen-bond acceptors (Lipinski definition) is 2. The molecule has 3 aliphatic carbocycles. The fourth-order valence-electron chi connectivity index (χ4n) is 8.97. The third-order valence-corrected chi connectivity index (χ3v) is 12.9. The zero-order chi connectivity index (χ0) is 43.2. The van der Waals surface area contributed by atoms with Crippen LogP contribution >= 0.6 is 0 Å². The summed E-state index contributed by atoms with van der Waals surface area (Å²) < 4.78 is 0. The summed E-state index contributed by atoms with van der Waals surface area (Å²) in [5.74, 6) is 1.06. The Morgan fingerprint density at radius 2 is 1.56 bits per heavy atom. The van der Waals surface area contributed by atoms with E-state index in [0.29, 0.717) is 11.8 Å². The molecule has 8 rings (SSSR count). The lowest BCUT2D eigenvalue weighted by Gasteiger charge is -2.26. The van der Waals surface area contributed by atoms with Crippen LogP contribution in [0.5, 0.6) is 0 Å². The van der Waals surface area contributed by atoms with Gasteiger partial charge in [0, 0.05) is 41.5 Å². The molecule has 1 unspecified atom stereocenters. The summed E-state index contributed by atoms with van der Waals surface area (Å²) in [5.41, 5.74) is 25.6. The van der Waals surface area contributed by atoms with Gasteiger partial charge in [-0.1, -0.05) is 136 Å². The zero-order valence-corrected chi connectivity index (χ0v) is 37.4. The van der Waals surface area contributed by atoms with Gasteiger partial charge < -0.3 is 10.2 Å². The number of allylic oxidation sites excluding steroid dienone is 12. The van der Waals surface area contributed by atoms with Gasteiger partial charge in [-0.15, -0.1) is 5.73 Å². The average molecular weight is 809 g/mol. The van der Waals surface area contributed by atoms with Gasteiger partial charge >= 0.3 is 0 Å². The fourth-order valence-corrected chi connectivity index (χ4v) is 8.97. The summed E-state index contributed by atoms with van der Waals surface area (Å²) in [5, 5.41) is 3.80. The van der Waals surface area contributed by atoms with E-state index in [1.165, 1.54) is 85.2 Å². The van der Waals surface area contributed by atoms with E-state index in [-0.39, 0.29) is 0 Å². The first-order valence-electron chi connectivity index (χ1n) is 22.5. The third-order valence-electron chi connectivity index (χ3n) is 12.9. The number of nitrogens with one attached hydrogen (secondary N) is 1. The number of aryl methyl sites for hydroxylation is 1. The van der Waals surface area contributed by atoms with Crippen LogP contribution in [0.1, 0.15) is 93.9 Å². The summed E-state index contributed by atoms with van der Waals surface area (Å²) >= 11 is 0. The Balaban J connectivity index is 1.17. The van der Waals surface area contributed by atoms with Crippen LogP contribution in [0.25, 0.3) is 39.0 Å². The van der Waals surface area contributed by atoms with Gasteiger partial charge in [-0.2, -0.15) is 0 Å². The van der Waals surface area contributed by atoms with Gasteiger partial charge in [0.15, 0.2) is 0 Å². The predicted octanol–water partition coefficient (Wildman–Crippen LogP) is 16.4. The molecule has 2 heteroatoms. The first-order chi connectivity index (χ1) is 30.2.